The van der Waals surface area contributed by atoms with Crippen molar-refractivity contribution in [3.63, 3.8) is 0 Å². The quantitative estimate of drug-likeness (QED) is 0.746. The summed E-state index contributed by atoms with van der Waals surface area (Å²) in [5, 5.41) is -0.146. The first-order valence-electron chi connectivity index (χ1n) is 10.4. The molecule has 1 saturated heterocycles. The van der Waals surface area contributed by atoms with E-state index in [0.717, 1.165) is 63.3 Å². The molecule has 28 heavy (non-hydrogen) atoms. The number of imidazole rings is 1. The highest BCUT2D eigenvalue weighted by atomic mass is 32.2. The summed E-state index contributed by atoms with van der Waals surface area (Å²) in [5.41, 5.74) is 1.12. The summed E-state index contributed by atoms with van der Waals surface area (Å²) in [6.45, 7) is 4.62. The number of hydrogen-bond acceptors (Lipinski definition) is 4. The lowest BCUT2D eigenvalue weighted by Gasteiger charge is -2.36. The number of piperazine rings is 1. The maximum absolute atomic E-state index is 12.9. The van der Waals surface area contributed by atoms with E-state index in [1.54, 1.807) is 4.31 Å². The van der Waals surface area contributed by atoms with Gasteiger partial charge in [-0.3, -0.25) is 4.90 Å². The first-order chi connectivity index (χ1) is 13.6. The molecule has 1 aromatic carbocycles. The van der Waals surface area contributed by atoms with E-state index in [9.17, 15) is 8.42 Å². The maximum Gasteiger partial charge on any atom is 0.217 e. The molecular weight excluding hydrogens is 372 g/mol. The van der Waals surface area contributed by atoms with E-state index in [4.69, 9.17) is 0 Å². The number of hydrogen-bond donors (Lipinski definition) is 0. The molecule has 1 aromatic heterocycles. The van der Waals surface area contributed by atoms with Gasteiger partial charge in [0.15, 0.2) is 0 Å². The zero-order valence-electron chi connectivity index (χ0n) is 16.4. The van der Waals surface area contributed by atoms with Crippen LogP contribution >= 0.6 is 0 Å². The van der Waals surface area contributed by atoms with Crippen LogP contribution in [-0.4, -0.2) is 65.1 Å². The average molecular weight is 403 g/mol. The Morgan fingerprint density at radius 2 is 1.64 bits per heavy atom. The van der Waals surface area contributed by atoms with Crippen LogP contribution in [-0.2, 0) is 16.6 Å². The summed E-state index contributed by atoms with van der Waals surface area (Å²) < 4.78 is 29.7. The predicted molar refractivity (Wildman–Crippen MR) is 111 cm³/mol. The van der Waals surface area contributed by atoms with E-state index in [2.05, 4.69) is 26.6 Å². The molecule has 0 amide bonds. The molecule has 2 fully saturated rings. The van der Waals surface area contributed by atoms with Crippen molar-refractivity contribution in [1.82, 2.24) is 18.8 Å². The third-order valence-corrected chi connectivity index (χ3v) is 8.47. The Balaban J connectivity index is 1.30. The Morgan fingerprint density at radius 3 is 2.36 bits per heavy atom. The summed E-state index contributed by atoms with van der Waals surface area (Å²) in [7, 11) is -3.12. The minimum atomic E-state index is -3.12. The zero-order valence-corrected chi connectivity index (χ0v) is 17.2. The van der Waals surface area contributed by atoms with Gasteiger partial charge in [0.05, 0.1) is 5.25 Å². The van der Waals surface area contributed by atoms with Crippen molar-refractivity contribution < 1.29 is 8.42 Å². The minimum Gasteiger partial charge on any atom is -0.330 e. The first-order valence-corrected chi connectivity index (χ1v) is 11.9. The third-order valence-electron chi connectivity index (χ3n) is 6.07. The molecule has 0 bridgehead atoms. The Morgan fingerprint density at radius 1 is 0.929 bits per heavy atom. The summed E-state index contributed by atoms with van der Waals surface area (Å²) in [5.74, 6) is 0.985. The molecule has 1 saturated carbocycles. The van der Waals surface area contributed by atoms with Crippen LogP contribution in [0.4, 0.5) is 0 Å². The summed E-state index contributed by atoms with van der Waals surface area (Å²) in [6, 6.07) is 10.2. The second kappa shape index (κ2) is 8.76. The topological polar surface area (TPSA) is 58.4 Å². The van der Waals surface area contributed by atoms with Crippen LogP contribution in [0.5, 0.6) is 0 Å². The van der Waals surface area contributed by atoms with Gasteiger partial charge in [0.25, 0.3) is 0 Å². The molecule has 1 aliphatic carbocycles. The molecule has 0 spiro atoms. The highest BCUT2D eigenvalue weighted by Crippen LogP contribution is 2.26. The molecule has 0 atom stereocenters. The molecule has 4 rings (SSSR count). The lowest BCUT2D eigenvalue weighted by Crippen LogP contribution is -2.51. The lowest BCUT2D eigenvalue weighted by atomic mass is 10.0. The summed E-state index contributed by atoms with van der Waals surface area (Å²) in [4.78, 5) is 6.87. The fourth-order valence-electron chi connectivity index (χ4n) is 4.37. The molecule has 6 nitrogen and oxygen atoms in total. The minimum absolute atomic E-state index is 0.146. The smallest absolute Gasteiger partial charge is 0.217 e. The van der Waals surface area contributed by atoms with Gasteiger partial charge in [0.1, 0.15) is 5.82 Å². The van der Waals surface area contributed by atoms with E-state index < -0.39 is 10.0 Å². The van der Waals surface area contributed by atoms with Gasteiger partial charge >= 0.3 is 0 Å². The van der Waals surface area contributed by atoms with Gasteiger partial charge < -0.3 is 4.57 Å². The van der Waals surface area contributed by atoms with Crippen LogP contribution in [0.3, 0.4) is 0 Å². The van der Waals surface area contributed by atoms with Crippen molar-refractivity contribution in [2.75, 3.05) is 32.7 Å². The normalized spacial score (nSPS) is 20.4. The molecule has 2 heterocycles. The summed E-state index contributed by atoms with van der Waals surface area (Å²) in [6.07, 6.45) is 8.83. The number of aromatic nitrogens is 2. The van der Waals surface area contributed by atoms with E-state index in [1.807, 2.05) is 30.6 Å². The monoisotopic (exact) mass is 402 g/mol. The van der Waals surface area contributed by atoms with Gasteiger partial charge in [-0.15, -0.1) is 0 Å². The molecule has 2 aromatic rings. The third kappa shape index (κ3) is 4.31. The Labute approximate surface area is 168 Å². The second-order valence-electron chi connectivity index (χ2n) is 7.86. The molecule has 0 N–H and O–H groups in total. The lowest BCUT2D eigenvalue weighted by molar-refractivity contribution is 0.181. The number of nitrogens with zero attached hydrogens (tertiary/aromatic N) is 4. The largest absolute Gasteiger partial charge is 0.330 e. The van der Waals surface area contributed by atoms with Crippen molar-refractivity contribution in [3.05, 3.63) is 42.7 Å². The van der Waals surface area contributed by atoms with Crippen LogP contribution in [0.1, 0.15) is 32.1 Å². The van der Waals surface area contributed by atoms with Gasteiger partial charge in [0.2, 0.25) is 10.0 Å². The van der Waals surface area contributed by atoms with Crippen molar-refractivity contribution in [1.29, 1.82) is 0 Å². The van der Waals surface area contributed by atoms with Crippen LogP contribution in [0.25, 0.3) is 11.4 Å². The Bertz CT molecular complexity index is 852. The molecule has 0 unspecified atom stereocenters. The van der Waals surface area contributed by atoms with Crippen LogP contribution < -0.4 is 0 Å². The van der Waals surface area contributed by atoms with Crippen molar-refractivity contribution >= 4 is 10.0 Å². The van der Waals surface area contributed by atoms with Crippen LogP contribution in [0, 0.1) is 0 Å². The fourth-order valence-corrected chi connectivity index (χ4v) is 6.39. The second-order valence-corrected chi connectivity index (χ2v) is 10.1. The van der Waals surface area contributed by atoms with Gasteiger partial charge in [0, 0.05) is 57.2 Å². The zero-order chi connectivity index (χ0) is 19.4. The fraction of sp³-hybridized carbons (Fsp3) is 0.571. The number of sulfonamides is 1. The van der Waals surface area contributed by atoms with Gasteiger partial charge in [-0.2, -0.15) is 4.31 Å². The molecule has 1 aliphatic heterocycles. The van der Waals surface area contributed by atoms with Gasteiger partial charge in [-0.05, 0) is 12.8 Å². The number of rotatable bonds is 6. The van der Waals surface area contributed by atoms with E-state index in [0.29, 0.717) is 13.1 Å². The van der Waals surface area contributed by atoms with Crippen molar-refractivity contribution in [2.45, 2.75) is 43.9 Å². The molecular formula is C21H30N4O2S. The van der Waals surface area contributed by atoms with Crippen LogP contribution in [0.2, 0.25) is 0 Å². The van der Waals surface area contributed by atoms with E-state index in [1.165, 1.54) is 6.42 Å². The average Bonchev–Trinajstić information content (AvgIpc) is 3.22. The Hall–Kier alpha value is -1.70. The Kier molecular flexibility index (Phi) is 6.13. The summed E-state index contributed by atoms with van der Waals surface area (Å²) >= 11 is 0. The highest BCUT2D eigenvalue weighted by Gasteiger charge is 2.34. The predicted octanol–water partition coefficient (Wildman–Crippen LogP) is 2.83. The SMILES string of the molecule is O=S(=O)(C1CCCCC1)N1CCN(CCn2ccnc2-c2ccccc2)CC1. The van der Waals surface area contributed by atoms with Crippen molar-refractivity contribution in [3.8, 4) is 11.4 Å². The molecule has 0 radical (unpaired) electrons. The van der Waals surface area contributed by atoms with E-state index >= 15 is 0 Å². The van der Waals surface area contributed by atoms with E-state index in [-0.39, 0.29) is 5.25 Å². The standard InChI is InChI=1S/C21H30N4O2S/c26-28(27,20-9-5-2-6-10-20)25-17-14-23(15-18-25)13-16-24-12-11-22-21(24)19-7-3-1-4-8-19/h1,3-4,7-8,11-12,20H,2,5-6,9-10,13-18H2. The molecule has 152 valence electrons. The molecule has 2 aliphatic rings. The highest BCUT2D eigenvalue weighted by molar-refractivity contribution is 7.89. The van der Waals surface area contributed by atoms with Gasteiger partial charge in [-0.1, -0.05) is 49.6 Å². The first kappa shape index (κ1) is 19.6. The van der Waals surface area contributed by atoms with Crippen molar-refractivity contribution in [2.24, 2.45) is 0 Å². The maximum atomic E-state index is 12.9. The van der Waals surface area contributed by atoms with Gasteiger partial charge in [-0.25, -0.2) is 13.4 Å². The molecule has 7 heteroatoms. The van der Waals surface area contributed by atoms with Crippen LogP contribution in [0.15, 0.2) is 42.7 Å². The number of benzene rings is 1.